The fourth-order valence-corrected chi connectivity index (χ4v) is 1.48. The van der Waals surface area contributed by atoms with Crippen LogP contribution in [0.2, 0.25) is 0 Å². The largest absolute Gasteiger partial charge is 0.548 e. The van der Waals surface area contributed by atoms with Crippen molar-refractivity contribution < 1.29 is 19.4 Å². The first-order valence-corrected chi connectivity index (χ1v) is 6.14. The van der Waals surface area contributed by atoms with E-state index in [1.165, 1.54) is 0 Å². The van der Waals surface area contributed by atoms with Crippen molar-refractivity contribution in [1.29, 1.82) is 0 Å². The van der Waals surface area contributed by atoms with Crippen LogP contribution in [0.4, 0.5) is 0 Å². The number of hydrogen-bond donors (Lipinski definition) is 1. The van der Waals surface area contributed by atoms with E-state index in [2.05, 4.69) is 23.9 Å². The van der Waals surface area contributed by atoms with Crippen molar-refractivity contribution in [1.82, 2.24) is 5.32 Å². The molecule has 0 spiro atoms. The molecular weight excluding hydrogens is 222 g/mol. The summed E-state index contributed by atoms with van der Waals surface area (Å²) in [7, 11) is 0. The maximum Gasteiger partial charge on any atom is 0.246 e. The Morgan fingerprint density at radius 2 is 2.00 bits per heavy atom. The number of carbonyl (C=O) groups excluding carboxylic acids is 2. The van der Waals surface area contributed by atoms with Crippen molar-refractivity contribution in [2.24, 2.45) is 5.92 Å². The Morgan fingerprint density at radius 1 is 1.29 bits per heavy atom. The summed E-state index contributed by atoms with van der Waals surface area (Å²) in [5.74, 6) is -1.10. The van der Waals surface area contributed by atoms with E-state index in [0.717, 1.165) is 25.7 Å². The fourth-order valence-electron chi connectivity index (χ4n) is 1.48. The van der Waals surface area contributed by atoms with E-state index in [1.807, 2.05) is 0 Å². The Labute approximate surface area is 103 Å². The Kier molecular flexibility index (Phi) is 9.43. The zero-order chi connectivity index (χ0) is 13.1. The molecule has 0 radical (unpaired) electrons. The van der Waals surface area contributed by atoms with Crippen LogP contribution < -0.4 is 10.4 Å². The molecule has 0 unspecified atom stereocenters. The van der Waals surface area contributed by atoms with E-state index in [9.17, 15) is 14.7 Å². The van der Waals surface area contributed by atoms with Gasteiger partial charge in [0.25, 0.3) is 0 Å². The van der Waals surface area contributed by atoms with Crippen LogP contribution in [-0.4, -0.2) is 31.6 Å². The molecule has 5 nitrogen and oxygen atoms in total. The number of rotatable bonds is 10. The lowest BCUT2D eigenvalue weighted by atomic mass is 9.99. The van der Waals surface area contributed by atoms with Gasteiger partial charge in [0.2, 0.25) is 5.91 Å². The molecule has 1 N–H and O–H groups in total. The summed E-state index contributed by atoms with van der Waals surface area (Å²) in [6.45, 7) is 4.10. The van der Waals surface area contributed by atoms with Gasteiger partial charge in [0.1, 0.15) is 6.61 Å². The summed E-state index contributed by atoms with van der Waals surface area (Å²) in [5, 5.41) is 12.8. The van der Waals surface area contributed by atoms with Crippen molar-refractivity contribution in [2.75, 3.05) is 19.8 Å². The van der Waals surface area contributed by atoms with E-state index < -0.39 is 12.6 Å². The SMILES string of the molecule is CCCC[C@H](CC)CNC(=O)COCC(=O)[O-]. The van der Waals surface area contributed by atoms with Crippen LogP contribution in [0.5, 0.6) is 0 Å². The summed E-state index contributed by atoms with van der Waals surface area (Å²) in [5.41, 5.74) is 0. The normalized spacial score (nSPS) is 12.1. The number of aliphatic carboxylic acids is 1. The number of nitrogens with one attached hydrogen (secondary N) is 1. The molecule has 0 rings (SSSR count). The summed E-state index contributed by atoms with van der Waals surface area (Å²) in [4.78, 5) is 21.3. The maximum absolute atomic E-state index is 11.3. The lowest BCUT2D eigenvalue weighted by Crippen LogP contribution is -2.34. The third-order valence-electron chi connectivity index (χ3n) is 2.58. The van der Waals surface area contributed by atoms with Gasteiger partial charge in [-0.1, -0.05) is 33.1 Å². The molecule has 5 heteroatoms. The molecule has 1 atom stereocenters. The van der Waals surface area contributed by atoms with Gasteiger partial charge >= 0.3 is 0 Å². The number of amides is 1. The lowest BCUT2D eigenvalue weighted by Gasteiger charge is -2.15. The van der Waals surface area contributed by atoms with Crippen LogP contribution in [0, 0.1) is 5.92 Å². The third-order valence-corrected chi connectivity index (χ3v) is 2.58. The summed E-state index contributed by atoms with van der Waals surface area (Å²) in [6.07, 6.45) is 4.45. The van der Waals surface area contributed by atoms with E-state index >= 15 is 0 Å². The summed E-state index contributed by atoms with van der Waals surface area (Å²) in [6, 6.07) is 0. The Bertz CT molecular complexity index is 231. The number of unbranched alkanes of at least 4 members (excludes halogenated alkanes) is 1. The molecule has 0 fully saturated rings. The zero-order valence-corrected chi connectivity index (χ0v) is 10.7. The fraction of sp³-hybridized carbons (Fsp3) is 0.833. The monoisotopic (exact) mass is 244 g/mol. The second-order valence-electron chi connectivity index (χ2n) is 4.09. The molecule has 0 heterocycles. The Balaban J connectivity index is 3.62. The molecule has 0 aromatic heterocycles. The van der Waals surface area contributed by atoms with Crippen molar-refractivity contribution in [3.8, 4) is 0 Å². The minimum atomic E-state index is -1.31. The highest BCUT2D eigenvalue weighted by atomic mass is 16.5. The predicted molar refractivity (Wildman–Crippen MR) is 62.1 cm³/mol. The molecule has 0 aromatic rings. The minimum Gasteiger partial charge on any atom is -0.548 e. The van der Waals surface area contributed by atoms with Crippen molar-refractivity contribution >= 4 is 11.9 Å². The van der Waals surface area contributed by atoms with Gasteiger partial charge in [0.05, 0.1) is 12.6 Å². The molecule has 0 aliphatic heterocycles. The van der Waals surface area contributed by atoms with Crippen LogP contribution in [0.3, 0.4) is 0 Å². The standard InChI is InChI=1S/C12H23NO4/c1-3-5-6-10(4-2)7-13-11(14)8-17-9-12(15)16/h10H,3-9H2,1-2H3,(H,13,14)(H,15,16)/p-1/t10-/m0/s1. The zero-order valence-electron chi connectivity index (χ0n) is 10.7. The molecule has 0 saturated carbocycles. The quantitative estimate of drug-likeness (QED) is 0.590. The van der Waals surface area contributed by atoms with Gasteiger partial charge in [-0.2, -0.15) is 0 Å². The Morgan fingerprint density at radius 3 is 2.53 bits per heavy atom. The highest BCUT2D eigenvalue weighted by Gasteiger charge is 2.08. The van der Waals surface area contributed by atoms with Crippen LogP contribution in [0.15, 0.2) is 0 Å². The first-order valence-electron chi connectivity index (χ1n) is 6.14. The smallest absolute Gasteiger partial charge is 0.246 e. The molecule has 0 aliphatic carbocycles. The first kappa shape index (κ1) is 15.9. The van der Waals surface area contributed by atoms with Gasteiger partial charge in [-0.15, -0.1) is 0 Å². The van der Waals surface area contributed by atoms with Gasteiger partial charge in [-0.3, -0.25) is 4.79 Å². The molecular formula is C12H22NO4-. The second kappa shape index (κ2) is 10.1. The molecule has 17 heavy (non-hydrogen) atoms. The summed E-state index contributed by atoms with van der Waals surface area (Å²) >= 11 is 0. The van der Waals surface area contributed by atoms with Gasteiger partial charge in [-0.05, 0) is 12.3 Å². The van der Waals surface area contributed by atoms with Crippen molar-refractivity contribution in [3.05, 3.63) is 0 Å². The van der Waals surface area contributed by atoms with Crippen LogP contribution in [0.25, 0.3) is 0 Å². The van der Waals surface area contributed by atoms with E-state index in [-0.39, 0.29) is 12.5 Å². The van der Waals surface area contributed by atoms with Crippen molar-refractivity contribution in [3.63, 3.8) is 0 Å². The molecule has 100 valence electrons. The number of ether oxygens (including phenoxy) is 1. The van der Waals surface area contributed by atoms with E-state index in [0.29, 0.717) is 12.5 Å². The van der Waals surface area contributed by atoms with Crippen LogP contribution >= 0.6 is 0 Å². The Hall–Kier alpha value is -1.10. The molecule has 1 amide bonds. The molecule has 0 bridgehead atoms. The highest BCUT2D eigenvalue weighted by Crippen LogP contribution is 2.10. The third kappa shape index (κ3) is 9.81. The van der Waals surface area contributed by atoms with Gasteiger partial charge in [0.15, 0.2) is 0 Å². The molecule has 0 aliphatic rings. The highest BCUT2D eigenvalue weighted by molar-refractivity contribution is 5.77. The van der Waals surface area contributed by atoms with Crippen molar-refractivity contribution in [2.45, 2.75) is 39.5 Å². The predicted octanol–water partition coefficient (Wildman–Crippen LogP) is 0.0855. The van der Waals surface area contributed by atoms with E-state index in [4.69, 9.17) is 0 Å². The minimum absolute atomic E-state index is 0.224. The van der Waals surface area contributed by atoms with Gasteiger partial charge < -0.3 is 20.0 Å². The van der Waals surface area contributed by atoms with Crippen LogP contribution in [-0.2, 0) is 14.3 Å². The topological polar surface area (TPSA) is 78.5 Å². The second-order valence-corrected chi connectivity index (χ2v) is 4.09. The number of carbonyl (C=O) groups is 2. The lowest BCUT2D eigenvalue weighted by molar-refractivity contribution is -0.309. The number of carboxylic acid groups (broad SMARTS) is 1. The van der Waals surface area contributed by atoms with Gasteiger partial charge in [-0.25, -0.2) is 0 Å². The van der Waals surface area contributed by atoms with Gasteiger partial charge in [0, 0.05) is 6.54 Å². The summed E-state index contributed by atoms with van der Waals surface area (Å²) < 4.78 is 4.63. The number of carboxylic acids is 1. The molecule has 0 saturated heterocycles. The average molecular weight is 244 g/mol. The van der Waals surface area contributed by atoms with Crippen LogP contribution in [0.1, 0.15) is 39.5 Å². The first-order chi connectivity index (χ1) is 8.10. The number of hydrogen-bond acceptors (Lipinski definition) is 4. The maximum atomic E-state index is 11.3. The average Bonchev–Trinajstić information content (AvgIpc) is 2.29. The molecule has 0 aromatic carbocycles. The van der Waals surface area contributed by atoms with E-state index in [1.54, 1.807) is 0 Å².